The van der Waals surface area contributed by atoms with Gasteiger partial charge in [0.25, 0.3) is 5.91 Å². The highest BCUT2D eigenvalue weighted by molar-refractivity contribution is 6.01. The average molecular weight is 398 g/mol. The van der Waals surface area contributed by atoms with Crippen LogP contribution in [0.1, 0.15) is 26.4 Å². The van der Waals surface area contributed by atoms with Crippen LogP contribution in [-0.4, -0.2) is 23.4 Å². The number of nitrogens with zero attached hydrogens (tertiary/aromatic N) is 1. The molecule has 1 heterocycles. The molecule has 0 aliphatic heterocycles. The normalized spacial score (nSPS) is 10.7. The molecular formula is C25H22N2O3. The van der Waals surface area contributed by atoms with Crippen LogP contribution >= 0.6 is 0 Å². The maximum absolute atomic E-state index is 13.0. The lowest BCUT2D eigenvalue weighted by Gasteiger charge is -2.11. The van der Waals surface area contributed by atoms with Crippen molar-refractivity contribution >= 4 is 22.6 Å². The number of para-hydroxylation sites is 1. The minimum atomic E-state index is -0.220. The van der Waals surface area contributed by atoms with Crippen LogP contribution in [0, 0.1) is 0 Å². The van der Waals surface area contributed by atoms with Gasteiger partial charge in [-0.25, -0.2) is 0 Å². The van der Waals surface area contributed by atoms with Crippen LogP contribution in [0.5, 0.6) is 5.75 Å². The molecule has 0 bridgehead atoms. The van der Waals surface area contributed by atoms with E-state index >= 15 is 0 Å². The molecule has 0 fully saturated rings. The number of ketones is 1. The predicted molar refractivity (Wildman–Crippen MR) is 117 cm³/mol. The predicted octanol–water partition coefficient (Wildman–Crippen LogP) is 4.46. The lowest BCUT2D eigenvalue weighted by atomic mass is 10.1. The number of Topliss-reactive ketones (excluding diaryl/α,β-unsaturated/α-hetero) is 1. The molecule has 0 spiro atoms. The Morgan fingerprint density at radius 2 is 1.60 bits per heavy atom. The van der Waals surface area contributed by atoms with Crippen molar-refractivity contribution in [3.05, 3.63) is 102 Å². The third kappa shape index (κ3) is 4.10. The first-order valence-corrected chi connectivity index (χ1v) is 9.73. The van der Waals surface area contributed by atoms with Gasteiger partial charge in [0, 0.05) is 23.0 Å². The number of nitrogens with one attached hydrogen (secondary N) is 1. The van der Waals surface area contributed by atoms with E-state index in [9.17, 15) is 9.59 Å². The van der Waals surface area contributed by atoms with E-state index in [1.165, 1.54) is 0 Å². The molecule has 0 atom stereocenters. The van der Waals surface area contributed by atoms with E-state index in [2.05, 4.69) is 5.32 Å². The third-order valence-corrected chi connectivity index (χ3v) is 5.05. The van der Waals surface area contributed by atoms with E-state index in [0.29, 0.717) is 17.8 Å². The van der Waals surface area contributed by atoms with Crippen LogP contribution in [0.4, 0.5) is 0 Å². The van der Waals surface area contributed by atoms with Crippen molar-refractivity contribution in [3.8, 4) is 5.75 Å². The summed E-state index contributed by atoms with van der Waals surface area (Å²) >= 11 is 0. The zero-order valence-corrected chi connectivity index (χ0v) is 16.7. The van der Waals surface area contributed by atoms with E-state index in [1.54, 1.807) is 23.8 Å². The van der Waals surface area contributed by atoms with E-state index in [4.69, 9.17) is 4.74 Å². The molecule has 1 N–H and O–H groups in total. The van der Waals surface area contributed by atoms with Gasteiger partial charge in [-0.1, -0.05) is 60.7 Å². The molecule has 0 radical (unpaired) electrons. The lowest BCUT2D eigenvalue weighted by molar-refractivity contribution is 0.0936. The number of ether oxygens (including phenoxy) is 1. The summed E-state index contributed by atoms with van der Waals surface area (Å²) in [6, 6.07) is 26.2. The average Bonchev–Trinajstić information content (AvgIpc) is 3.17. The van der Waals surface area contributed by atoms with Gasteiger partial charge in [-0.3, -0.25) is 9.59 Å². The van der Waals surface area contributed by atoms with Gasteiger partial charge >= 0.3 is 0 Å². The maximum atomic E-state index is 13.0. The largest absolute Gasteiger partial charge is 0.497 e. The van der Waals surface area contributed by atoms with Gasteiger partial charge in [-0.05, 0) is 29.8 Å². The number of rotatable bonds is 7. The van der Waals surface area contributed by atoms with Crippen LogP contribution in [0.3, 0.4) is 0 Å². The number of hydrogen-bond donors (Lipinski definition) is 1. The van der Waals surface area contributed by atoms with Gasteiger partial charge in [0.1, 0.15) is 11.4 Å². The summed E-state index contributed by atoms with van der Waals surface area (Å²) in [6.07, 6.45) is 0. The molecular weight excluding hydrogens is 376 g/mol. The summed E-state index contributed by atoms with van der Waals surface area (Å²) in [5.74, 6) is 0.508. The molecule has 0 saturated heterocycles. The first kappa shape index (κ1) is 19.5. The molecule has 0 aliphatic carbocycles. The van der Waals surface area contributed by atoms with Crippen LogP contribution < -0.4 is 10.1 Å². The van der Waals surface area contributed by atoms with Crippen molar-refractivity contribution in [2.75, 3.05) is 7.11 Å². The molecule has 4 rings (SSSR count). The molecule has 4 aromatic rings. The van der Waals surface area contributed by atoms with E-state index in [-0.39, 0.29) is 18.2 Å². The van der Waals surface area contributed by atoms with Crippen LogP contribution in [-0.2, 0) is 13.1 Å². The number of carbonyl (C=O) groups excluding carboxylic acids is 2. The molecule has 5 heteroatoms. The highest BCUT2D eigenvalue weighted by atomic mass is 16.5. The molecule has 150 valence electrons. The molecule has 1 aromatic heterocycles. The molecule has 0 unspecified atom stereocenters. The second-order valence-corrected chi connectivity index (χ2v) is 6.99. The van der Waals surface area contributed by atoms with E-state index in [0.717, 1.165) is 22.2 Å². The smallest absolute Gasteiger partial charge is 0.268 e. The first-order chi connectivity index (χ1) is 14.7. The van der Waals surface area contributed by atoms with Crippen molar-refractivity contribution in [2.24, 2.45) is 0 Å². The van der Waals surface area contributed by atoms with Gasteiger partial charge in [-0.2, -0.15) is 0 Å². The van der Waals surface area contributed by atoms with Crippen molar-refractivity contribution < 1.29 is 14.3 Å². The van der Waals surface area contributed by atoms with E-state index in [1.807, 2.05) is 72.8 Å². The maximum Gasteiger partial charge on any atom is 0.268 e. The molecule has 0 saturated carbocycles. The summed E-state index contributed by atoms with van der Waals surface area (Å²) in [7, 11) is 1.62. The summed E-state index contributed by atoms with van der Waals surface area (Å²) in [6.45, 7) is 0.486. The van der Waals surface area contributed by atoms with Gasteiger partial charge < -0.3 is 14.6 Å². The Kier molecular flexibility index (Phi) is 5.61. The highest BCUT2D eigenvalue weighted by Gasteiger charge is 2.18. The number of benzene rings is 3. The minimum absolute atomic E-state index is 0.0406. The summed E-state index contributed by atoms with van der Waals surface area (Å²) < 4.78 is 6.95. The van der Waals surface area contributed by atoms with E-state index < -0.39 is 0 Å². The van der Waals surface area contributed by atoms with Crippen molar-refractivity contribution in [1.29, 1.82) is 0 Å². The van der Waals surface area contributed by atoms with Gasteiger partial charge in [0.2, 0.25) is 0 Å². The standard InChI is InChI=1S/C25H22N2O3/c1-30-21-13-11-18(12-14-21)16-26-25(29)23-15-20-9-5-6-10-22(20)27(23)17-24(28)19-7-3-2-4-8-19/h2-15H,16-17H2,1H3,(H,26,29). The third-order valence-electron chi connectivity index (χ3n) is 5.05. The fraction of sp³-hybridized carbons (Fsp3) is 0.120. The SMILES string of the molecule is COc1ccc(CNC(=O)c2cc3ccccc3n2CC(=O)c2ccccc2)cc1. The topological polar surface area (TPSA) is 60.3 Å². The van der Waals surface area contributed by atoms with Crippen molar-refractivity contribution in [2.45, 2.75) is 13.1 Å². The number of amides is 1. The van der Waals surface area contributed by atoms with Crippen LogP contribution in [0.25, 0.3) is 10.9 Å². The fourth-order valence-electron chi connectivity index (χ4n) is 3.44. The van der Waals surface area contributed by atoms with Crippen LogP contribution in [0.15, 0.2) is 84.9 Å². The van der Waals surface area contributed by atoms with Crippen LogP contribution in [0.2, 0.25) is 0 Å². The fourth-order valence-corrected chi connectivity index (χ4v) is 3.44. The van der Waals surface area contributed by atoms with Gasteiger partial charge in [-0.15, -0.1) is 0 Å². The van der Waals surface area contributed by atoms with Crippen molar-refractivity contribution in [3.63, 3.8) is 0 Å². The number of aromatic nitrogens is 1. The number of carbonyl (C=O) groups is 2. The Morgan fingerprint density at radius 3 is 2.33 bits per heavy atom. The zero-order chi connectivity index (χ0) is 20.9. The molecule has 30 heavy (non-hydrogen) atoms. The Bertz CT molecular complexity index is 1180. The Balaban J connectivity index is 1.58. The van der Waals surface area contributed by atoms with Gasteiger partial charge in [0.05, 0.1) is 13.7 Å². The minimum Gasteiger partial charge on any atom is -0.497 e. The number of methoxy groups -OCH3 is 1. The quantitative estimate of drug-likeness (QED) is 0.468. The zero-order valence-electron chi connectivity index (χ0n) is 16.7. The Labute approximate surface area is 174 Å². The molecule has 5 nitrogen and oxygen atoms in total. The molecule has 1 amide bonds. The first-order valence-electron chi connectivity index (χ1n) is 9.73. The summed E-state index contributed by atoms with van der Waals surface area (Å²) in [4.78, 5) is 25.8. The monoisotopic (exact) mass is 398 g/mol. The second-order valence-electron chi connectivity index (χ2n) is 6.99. The number of hydrogen-bond acceptors (Lipinski definition) is 3. The Hall–Kier alpha value is -3.86. The van der Waals surface area contributed by atoms with Gasteiger partial charge in [0.15, 0.2) is 5.78 Å². The Morgan fingerprint density at radius 1 is 0.900 bits per heavy atom. The van der Waals surface area contributed by atoms with Crippen molar-refractivity contribution in [1.82, 2.24) is 9.88 Å². The number of fused-ring (bicyclic) bond motifs is 1. The second kappa shape index (κ2) is 8.66. The summed E-state index contributed by atoms with van der Waals surface area (Å²) in [5.41, 5.74) is 2.91. The molecule has 3 aromatic carbocycles. The lowest BCUT2D eigenvalue weighted by Crippen LogP contribution is -2.26. The molecule has 0 aliphatic rings. The highest BCUT2D eigenvalue weighted by Crippen LogP contribution is 2.21. The summed E-state index contributed by atoms with van der Waals surface area (Å²) in [5, 5.41) is 3.88.